The number of hydrogen-bond acceptors (Lipinski definition) is 7. The Balaban J connectivity index is 1.54. The van der Waals surface area contributed by atoms with Crippen molar-refractivity contribution in [1.82, 2.24) is 19.9 Å². The number of piperidine rings is 1. The van der Waals surface area contributed by atoms with E-state index in [4.69, 9.17) is 4.74 Å². The van der Waals surface area contributed by atoms with Crippen molar-refractivity contribution in [3.8, 4) is 5.88 Å². The van der Waals surface area contributed by atoms with Gasteiger partial charge in [0.1, 0.15) is 0 Å². The molecule has 0 aromatic carbocycles. The Labute approximate surface area is 153 Å². The lowest BCUT2D eigenvalue weighted by atomic mass is 9.98. The van der Waals surface area contributed by atoms with Crippen molar-refractivity contribution in [1.29, 1.82) is 0 Å². The molecular formula is C18H25N5OS. The second-order valence-electron chi connectivity index (χ2n) is 6.53. The predicted octanol–water partition coefficient (Wildman–Crippen LogP) is 3.21. The van der Waals surface area contributed by atoms with Crippen LogP contribution in [0.25, 0.3) is 0 Å². The number of ether oxygens (including phenoxy) is 1. The first-order chi connectivity index (χ1) is 12.1. The van der Waals surface area contributed by atoms with Gasteiger partial charge < -0.3 is 9.64 Å². The fourth-order valence-corrected chi connectivity index (χ4v) is 3.26. The molecule has 0 bridgehead atoms. The van der Waals surface area contributed by atoms with Crippen LogP contribution in [0.1, 0.15) is 29.7 Å². The first-order valence-corrected chi connectivity index (χ1v) is 9.85. The van der Waals surface area contributed by atoms with Crippen LogP contribution in [0.2, 0.25) is 0 Å². The summed E-state index contributed by atoms with van der Waals surface area (Å²) >= 11 is 1.54. The zero-order chi connectivity index (χ0) is 17.8. The smallest absolute Gasteiger partial charge is 0.225 e. The predicted molar refractivity (Wildman–Crippen MR) is 100 cm³/mol. The summed E-state index contributed by atoms with van der Waals surface area (Å²) in [6, 6.07) is 0. The molecule has 6 nitrogen and oxygen atoms in total. The SMILES string of the molecule is CSc1nc(C)c(C)c(OCC2CCN(c3ncc(C)cn3)CC2)n1. The number of anilines is 1. The normalized spacial score (nSPS) is 15.4. The van der Waals surface area contributed by atoms with Crippen LogP contribution in [-0.2, 0) is 0 Å². The van der Waals surface area contributed by atoms with E-state index in [1.807, 2.05) is 39.4 Å². The van der Waals surface area contributed by atoms with E-state index in [1.165, 1.54) is 0 Å². The van der Waals surface area contributed by atoms with Crippen LogP contribution in [0.15, 0.2) is 17.6 Å². The molecule has 1 aliphatic heterocycles. The van der Waals surface area contributed by atoms with E-state index in [0.717, 1.165) is 59.7 Å². The molecule has 134 valence electrons. The zero-order valence-electron chi connectivity index (χ0n) is 15.3. The molecule has 0 N–H and O–H groups in total. The lowest BCUT2D eigenvalue weighted by molar-refractivity contribution is 0.212. The Hall–Kier alpha value is -1.89. The van der Waals surface area contributed by atoms with Crippen molar-refractivity contribution in [2.45, 2.75) is 38.8 Å². The summed E-state index contributed by atoms with van der Waals surface area (Å²) in [6.45, 7) is 8.67. The standard InChI is InChI=1S/C18H25N5OS/c1-12-9-19-17(20-10-12)23-7-5-15(6-8-23)11-24-16-13(2)14(3)21-18(22-16)25-4/h9-10,15H,5-8,11H2,1-4H3. The number of thioether (sulfide) groups is 1. The maximum absolute atomic E-state index is 6.04. The van der Waals surface area contributed by atoms with E-state index in [1.54, 1.807) is 11.8 Å². The van der Waals surface area contributed by atoms with Crippen LogP contribution < -0.4 is 9.64 Å². The summed E-state index contributed by atoms with van der Waals surface area (Å²) in [5.74, 6) is 2.09. The summed E-state index contributed by atoms with van der Waals surface area (Å²) < 4.78 is 6.04. The molecule has 3 heterocycles. The second kappa shape index (κ2) is 7.99. The average Bonchev–Trinajstić information content (AvgIpc) is 2.64. The molecule has 0 amide bonds. The number of nitrogens with zero attached hydrogens (tertiary/aromatic N) is 5. The lowest BCUT2D eigenvalue weighted by Gasteiger charge is -2.31. The molecule has 25 heavy (non-hydrogen) atoms. The van der Waals surface area contributed by atoms with Gasteiger partial charge in [0, 0.05) is 36.7 Å². The van der Waals surface area contributed by atoms with Crippen LogP contribution in [0.3, 0.4) is 0 Å². The summed E-state index contributed by atoms with van der Waals surface area (Å²) in [6.07, 6.45) is 7.89. The van der Waals surface area contributed by atoms with Crippen molar-refractivity contribution in [3.05, 3.63) is 29.2 Å². The zero-order valence-corrected chi connectivity index (χ0v) is 16.1. The fraction of sp³-hybridized carbons (Fsp3) is 0.556. The van der Waals surface area contributed by atoms with Gasteiger partial charge in [0.2, 0.25) is 11.8 Å². The quantitative estimate of drug-likeness (QED) is 0.600. The third kappa shape index (κ3) is 4.39. The molecule has 2 aromatic heterocycles. The van der Waals surface area contributed by atoms with Gasteiger partial charge >= 0.3 is 0 Å². The molecule has 1 fully saturated rings. The van der Waals surface area contributed by atoms with Crippen LogP contribution in [-0.4, -0.2) is 45.9 Å². The molecule has 0 spiro atoms. The van der Waals surface area contributed by atoms with Crippen molar-refractivity contribution in [2.75, 3.05) is 30.9 Å². The monoisotopic (exact) mass is 359 g/mol. The highest BCUT2D eigenvalue weighted by molar-refractivity contribution is 7.98. The number of aromatic nitrogens is 4. The lowest BCUT2D eigenvalue weighted by Crippen LogP contribution is -2.36. The third-order valence-electron chi connectivity index (χ3n) is 4.63. The Bertz CT molecular complexity index is 714. The largest absolute Gasteiger partial charge is 0.477 e. The summed E-state index contributed by atoms with van der Waals surface area (Å²) in [4.78, 5) is 20.1. The van der Waals surface area contributed by atoms with E-state index < -0.39 is 0 Å². The van der Waals surface area contributed by atoms with E-state index in [2.05, 4.69) is 24.8 Å². The van der Waals surface area contributed by atoms with Gasteiger partial charge in [-0.15, -0.1) is 0 Å². The van der Waals surface area contributed by atoms with E-state index in [-0.39, 0.29) is 0 Å². The maximum atomic E-state index is 6.04. The molecular weight excluding hydrogens is 334 g/mol. The molecule has 1 aliphatic rings. The van der Waals surface area contributed by atoms with Crippen LogP contribution in [0.5, 0.6) is 5.88 Å². The second-order valence-corrected chi connectivity index (χ2v) is 7.30. The highest BCUT2D eigenvalue weighted by atomic mass is 32.2. The molecule has 0 unspecified atom stereocenters. The van der Waals surface area contributed by atoms with Gasteiger partial charge in [-0.2, -0.15) is 4.98 Å². The van der Waals surface area contributed by atoms with Crippen molar-refractivity contribution < 1.29 is 4.74 Å². The first kappa shape index (κ1) is 17.9. The number of hydrogen-bond donors (Lipinski definition) is 0. The number of rotatable bonds is 5. The van der Waals surface area contributed by atoms with Gasteiger partial charge in [-0.1, -0.05) is 11.8 Å². The van der Waals surface area contributed by atoms with Gasteiger partial charge in [-0.05, 0) is 51.3 Å². The Morgan fingerprint density at radius 2 is 1.80 bits per heavy atom. The number of aryl methyl sites for hydroxylation is 2. The Morgan fingerprint density at radius 3 is 2.44 bits per heavy atom. The molecule has 0 aliphatic carbocycles. The van der Waals surface area contributed by atoms with Gasteiger partial charge in [0.25, 0.3) is 0 Å². The van der Waals surface area contributed by atoms with E-state index in [9.17, 15) is 0 Å². The van der Waals surface area contributed by atoms with Crippen LogP contribution in [0.4, 0.5) is 5.95 Å². The third-order valence-corrected chi connectivity index (χ3v) is 5.17. The highest BCUT2D eigenvalue weighted by Gasteiger charge is 2.22. The molecule has 0 radical (unpaired) electrons. The van der Waals surface area contributed by atoms with Crippen LogP contribution >= 0.6 is 11.8 Å². The Morgan fingerprint density at radius 1 is 1.12 bits per heavy atom. The molecule has 2 aromatic rings. The average molecular weight is 359 g/mol. The molecule has 0 atom stereocenters. The van der Waals surface area contributed by atoms with Crippen molar-refractivity contribution >= 4 is 17.7 Å². The molecule has 0 saturated carbocycles. The van der Waals surface area contributed by atoms with Gasteiger partial charge in [-0.25, -0.2) is 15.0 Å². The van der Waals surface area contributed by atoms with E-state index >= 15 is 0 Å². The first-order valence-electron chi connectivity index (χ1n) is 8.62. The summed E-state index contributed by atoms with van der Waals surface area (Å²) in [5, 5.41) is 0.768. The summed E-state index contributed by atoms with van der Waals surface area (Å²) in [7, 11) is 0. The molecule has 3 rings (SSSR count). The molecule has 1 saturated heterocycles. The Kier molecular flexibility index (Phi) is 5.73. The van der Waals surface area contributed by atoms with Gasteiger partial charge in [0.15, 0.2) is 5.16 Å². The minimum Gasteiger partial charge on any atom is -0.477 e. The minimum absolute atomic E-state index is 0.536. The molecule has 7 heteroatoms. The highest BCUT2D eigenvalue weighted by Crippen LogP contribution is 2.24. The van der Waals surface area contributed by atoms with Gasteiger partial charge in [-0.3, -0.25) is 0 Å². The topological polar surface area (TPSA) is 64.0 Å². The summed E-state index contributed by atoms with van der Waals surface area (Å²) in [5.41, 5.74) is 3.11. The van der Waals surface area contributed by atoms with E-state index in [0.29, 0.717) is 12.5 Å². The van der Waals surface area contributed by atoms with Crippen LogP contribution in [0, 0.1) is 26.7 Å². The van der Waals surface area contributed by atoms with Crippen molar-refractivity contribution in [3.63, 3.8) is 0 Å². The minimum atomic E-state index is 0.536. The van der Waals surface area contributed by atoms with Crippen molar-refractivity contribution in [2.24, 2.45) is 5.92 Å². The maximum Gasteiger partial charge on any atom is 0.225 e. The fourth-order valence-electron chi connectivity index (χ4n) is 2.86. The van der Waals surface area contributed by atoms with Gasteiger partial charge in [0.05, 0.1) is 6.61 Å².